The highest BCUT2D eigenvalue weighted by molar-refractivity contribution is 5.86. The van der Waals surface area contributed by atoms with Crippen molar-refractivity contribution in [3.63, 3.8) is 0 Å². The van der Waals surface area contributed by atoms with Crippen LogP contribution < -0.4 is 11.4 Å². The quantitative estimate of drug-likeness (QED) is 0.318. The fourth-order valence-corrected chi connectivity index (χ4v) is 4.77. The molecule has 7 heteroatoms. The number of H-pyrrole nitrogens is 1. The second-order valence-corrected chi connectivity index (χ2v) is 8.16. The van der Waals surface area contributed by atoms with Gasteiger partial charge in [-0.05, 0) is 48.7 Å². The highest BCUT2D eigenvalue weighted by atomic mass is 16.3. The molecule has 0 radical (unpaired) electrons. The molecule has 160 valence electrons. The zero-order valence-electron chi connectivity index (χ0n) is 17.2. The number of benzene rings is 2. The largest absolute Gasteiger partial charge is 0.508 e. The van der Waals surface area contributed by atoms with Gasteiger partial charge in [-0.1, -0.05) is 36.8 Å². The highest BCUT2D eigenvalue weighted by Gasteiger charge is 2.35. The second kappa shape index (κ2) is 7.67. The summed E-state index contributed by atoms with van der Waals surface area (Å²) in [4.78, 5) is 17.0. The Morgan fingerprint density at radius 2 is 1.90 bits per heavy atom. The Morgan fingerprint density at radius 1 is 1.06 bits per heavy atom. The van der Waals surface area contributed by atoms with Crippen LogP contribution in [0.15, 0.2) is 53.3 Å². The minimum atomic E-state index is -0.457. The lowest BCUT2D eigenvalue weighted by Crippen LogP contribution is -2.32. The third-order valence-corrected chi connectivity index (χ3v) is 6.24. The maximum atomic E-state index is 13.5. The SMILES string of the molecule is NCCCCCn1c(O)c2n(c1=O)[C@H](c1cccc(O)c1)c1[nH]c3ccccc3c1C2. The summed E-state index contributed by atoms with van der Waals surface area (Å²) in [6.45, 7) is 1.07. The number of rotatable bonds is 6. The van der Waals surface area contributed by atoms with E-state index in [1.54, 1.807) is 22.8 Å². The lowest BCUT2D eigenvalue weighted by atomic mass is 9.93. The van der Waals surface area contributed by atoms with Crippen molar-refractivity contribution in [1.82, 2.24) is 14.1 Å². The minimum absolute atomic E-state index is 0.0267. The molecule has 31 heavy (non-hydrogen) atoms. The summed E-state index contributed by atoms with van der Waals surface area (Å²) in [7, 11) is 0. The van der Waals surface area contributed by atoms with E-state index in [0.717, 1.165) is 47.0 Å². The summed E-state index contributed by atoms with van der Waals surface area (Å²) >= 11 is 0. The monoisotopic (exact) mass is 418 g/mol. The lowest BCUT2D eigenvalue weighted by Gasteiger charge is -2.26. The number of fused-ring (bicyclic) bond motifs is 4. The number of hydrogen-bond acceptors (Lipinski definition) is 4. The molecule has 1 atom stereocenters. The molecule has 7 nitrogen and oxygen atoms in total. The van der Waals surface area contributed by atoms with Crippen LogP contribution in [-0.4, -0.2) is 30.9 Å². The number of imidazole rings is 1. The number of phenolic OH excluding ortho intramolecular Hbond substituents is 1. The number of hydrogen-bond donors (Lipinski definition) is 4. The van der Waals surface area contributed by atoms with Gasteiger partial charge in [0.1, 0.15) is 11.8 Å². The molecule has 1 aliphatic heterocycles. The molecule has 0 saturated heterocycles. The van der Waals surface area contributed by atoms with Crippen molar-refractivity contribution < 1.29 is 10.2 Å². The van der Waals surface area contributed by atoms with Gasteiger partial charge < -0.3 is 20.9 Å². The molecule has 0 bridgehead atoms. The van der Waals surface area contributed by atoms with Crippen LogP contribution in [0.3, 0.4) is 0 Å². The first-order valence-corrected chi connectivity index (χ1v) is 10.7. The number of aromatic hydroxyl groups is 2. The molecular weight excluding hydrogens is 392 g/mol. The molecule has 0 fully saturated rings. The Balaban J connectivity index is 1.70. The van der Waals surface area contributed by atoms with Crippen LogP contribution in [0.5, 0.6) is 11.6 Å². The van der Waals surface area contributed by atoms with Crippen LogP contribution in [0, 0.1) is 0 Å². The topological polar surface area (TPSA) is 109 Å². The minimum Gasteiger partial charge on any atom is -0.508 e. The second-order valence-electron chi connectivity index (χ2n) is 8.16. The first-order chi connectivity index (χ1) is 15.1. The number of unbranched alkanes of at least 4 members (excludes halogenated alkanes) is 2. The fourth-order valence-electron chi connectivity index (χ4n) is 4.77. The normalized spacial score (nSPS) is 15.2. The Hall–Kier alpha value is -3.45. The Morgan fingerprint density at radius 3 is 2.71 bits per heavy atom. The van der Waals surface area contributed by atoms with Gasteiger partial charge in [-0.15, -0.1) is 0 Å². The number of para-hydroxylation sites is 1. The van der Waals surface area contributed by atoms with E-state index in [0.29, 0.717) is 25.2 Å². The molecule has 0 spiro atoms. The Bertz CT molecular complexity index is 1310. The van der Waals surface area contributed by atoms with Gasteiger partial charge >= 0.3 is 5.69 Å². The molecule has 3 heterocycles. The van der Waals surface area contributed by atoms with Gasteiger partial charge in [0.2, 0.25) is 5.88 Å². The third-order valence-electron chi connectivity index (χ3n) is 6.24. The van der Waals surface area contributed by atoms with Gasteiger partial charge in [-0.2, -0.15) is 0 Å². The summed E-state index contributed by atoms with van der Waals surface area (Å²) in [5.41, 5.74) is 9.71. The van der Waals surface area contributed by atoms with Gasteiger partial charge in [0.25, 0.3) is 0 Å². The van der Waals surface area contributed by atoms with E-state index in [2.05, 4.69) is 11.1 Å². The van der Waals surface area contributed by atoms with Crippen LogP contribution in [-0.2, 0) is 13.0 Å². The number of aromatic nitrogens is 3. The first kappa shape index (κ1) is 19.5. The van der Waals surface area contributed by atoms with E-state index < -0.39 is 6.04 Å². The van der Waals surface area contributed by atoms with E-state index in [9.17, 15) is 15.0 Å². The van der Waals surface area contributed by atoms with Crippen molar-refractivity contribution in [1.29, 1.82) is 0 Å². The van der Waals surface area contributed by atoms with Crippen LogP contribution in [0.25, 0.3) is 10.9 Å². The average molecular weight is 418 g/mol. The number of nitrogens with one attached hydrogen (secondary N) is 1. The van der Waals surface area contributed by atoms with Crippen LogP contribution in [0.1, 0.15) is 47.8 Å². The molecular formula is C24H26N4O3. The molecule has 0 aliphatic carbocycles. The smallest absolute Gasteiger partial charge is 0.332 e. The van der Waals surface area contributed by atoms with Crippen LogP contribution in [0.2, 0.25) is 0 Å². The maximum Gasteiger partial charge on any atom is 0.332 e. The third kappa shape index (κ3) is 3.13. The van der Waals surface area contributed by atoms with Gasteiger partial charge in [0.05, 0.1) is 5.69 Å². The molecule has 0 amide bonds. The standard InChI is InChI=1S/C24H26N4O3/c25-11-4-1-5-12-27-23(30)20-14-18-17-9-2-3-10-19(17)26-21(18)22(28(20)24(27)31)15-7-6-8-16(29)13-15/h2-3,6-10,13,22,26,29-30H,1,4-5,11-12,14,25H2/t22-/m1/s1. The van der Waals surface area contributed by atoms with Crippen molar-refractivity contribution in [2.75, 3.05) is 6.54 Å². The zero-order chi connectivity index (χ0) is 21.5. The summed E-state index contributed by atoms with van der Waals surface area (Å²) in [6, 6.07) is 14.5. The van der Waals surface area contributed by atoms with E-state index in [-0.39, 0.29) is 17.3 Å². The number of nitrogens with zero attached hydrogens (tertiary/aromatic N) is 2. The summed E-state index contributed by atoms with van der Waals surface area (Å²) in [6.07, 6.45) is 3.04. The molecule has 5 rings (SSSR count). The van der Waals surface area contributed by atoms with Crippen molar-refractivity contribution in [2.45, 2.75) is 38.3 Å². The molecule has 5 N–H and O–H groups in total. The predicted molar refractivity (Wildman–Crippen MR) is 120 cm³/mol. The van der Waals surface area contributed by atoms with Gasteiger partial charge in [-0.3, -0.25) is 9.13 Å². The predicted octanol–water partition coefficient (Wildman–Crippen LogP) is 3.21. The van der Waals surface area contributed by atoms with Crippen molar-refractivity contribution in [3.05, 3.63) is 81.5 Å². The maximum absolute atomic E-state index is 13.5. The lowest BCUT2D eigenvalue weighted by molar-refractivity contribution is 0.402. The number of aromatic amines is 1. The molecule has 0 unspecified atom stereocenters. The van der Waals surface area contributed by atoms with Crippen LogP contribution >= 0.6 is 0 Å². The number of nitrogens with two attached hydrogens (primary N) is 1. The Labute approximate surface area is 179 Å². The van der Waals surface area contributed by atoms with Gasteiger partial charge in [0, 0.05) is 29.6 Å². The summed E-state index contributed by atoms with van der Waals surface area (Å²) in [5, 5.41) is 22.2. The summed E-state index contributed by atoms with van der Waals surface area (Å²) < 4.78 is 3.14. The molecule has 4 aromatic rings. The van der Waals surface area contributed by atoms with Gasteiger partial charge in [0.15, 0.2) is 0 Å². The Kier molecular flexibility index (Phi) is 4.82. The highest BCUT2D eigenvalue weighted by Crippen LogP contribution is 2.41. The molecule has 2 aromatic carbocycles. The zero-order valence-corrected chi connectivity index (χ0v) is 17.2. The van der Waals surface area contributed by atoms with E-state index in [4.69, 9.17) is 5.73 Å². The van der Waals surface area contributed by atoms with Crippen molar-refractivity contribution in [2.24, 2.45) is 5.73 Å². The summed E-state index contributed by atoms with van der Waals surface area (Å²) in [5.74, 6) is 0.166. The van der Waals surface area contributed by atoms with Gasteiger partial charge in [-0.25, -0.2) is 4.79 Å². The molecule has 1 aliphatic rings. The van der Waals surface area contributed by atoms with E-state index >= 15 is 0 Å². The molecule has 2 aromatic heterocycles. The van der Waals surface area contributed by atoms with Crippen LogP contribution in [0.4, 0.5) is 0 Å². The van der Waals surface area contributed by atoms with Crippen molar-refractivity contribution in [3.8, 4) is 11.6 Å². The number of phenols is 1. The molecule has 0 saturated carbocycles. The first-order valence-electron chi connectivity index (χ1n) is 10.7. The van der Waals surface area contributed by atoms with E-state index in [1.807, 2.05) is 24.3 Å². The van der Waals surface area contributed by atoms with E-state index in [1.165, 1.54) is 4.57 Å². The average Bonchev–Trinajstić information content (AvgIpc) is 3.25. The van der Waals surface area contributed by atoms with Crippen molar-refractivity contribution >= 4 is 10.9 Å². The fraction of sp³-hybridized carbons (Fsp3) is 0.292.